The number of nitrogens with zero attached hydrogens (tertiary/aromatic N) is 2. The third-order valence-corrected chi connectivity index (χ3v) is 7.33. The van der Waals surface area contributed by atoms with Crippen molar-refractivity contribution in [1.29, 1.82) is 0 Å². The lowest BCUT2D eigenvalue weighted by Gasteiger charge is -2.38. The average Bonchev–Trinajstić information content (AvgIpc) is 3.31. The van der Waals surface area contributed by atoms with Gasteiger partial charge in [0.2, 0.25) is 12.7 Å². The molecule has 176 valence electrons. The van der Waals surface area contributed by atoms with Crippen molar-refractivity contribution in [2.45, 2.75) is 63.7 Å². The van der Waals surface area contributed by atoms with Crippen LogP contribution in [0, 0.1) is 5.92 Å². The number of ether oxygens (including phenoxy) is 2. The van der Waals surface area contributed by atoms with Gasteiger partial charge >= 0.3 is 0 Å². The van der Waals surface area contributed by atoms with Crippen molar-refractivity contribution in [1.82, 2.24) is 15.5 Å². The third-order valence-electron chi connectivity index (χ3n) is 7.33. The van der Waals surface area contributed by atoms with Crippen molar-refractivity contribution in [2.75, 3.05) is 40.0 Å². The number of likely N-dealkylation sites (tertiary alicyclic amines) is 1. The Bertz CT molecular complexity index is 811. The van der Waals surface area contributed by atoms with E-state index in [1.54, 1.807) is 7.05 Å². The Kier molecular flexibility index (Phi) is 7.43. The quantitative estimate of drug-likeness (QED) is 0.522. The first kappa shape index (κ1) is 22.7. The lowest BCUT2D eigenvalue weighted by molar-refractivity contribution is -0.121. The highest BCUT2D eigenvalue weighted by atomic mass is 16.7. The maximum absolute atomic E-state index is 11.7. The summed E-state index contributed by atoms with van der Waals surface area (Å²) in [7, 11) is 1.72. The Morgan fingerprint density at radius 1 is 1.16 bits per heavy atom. The number of amides is 1. The van der Waals surface area contributed by atoms with Crippen molar-refractivity contribution in [2.24, 2.45) is 10.9 Å². The van der Waals surface area contributed by atoms with E-state index in [2.05, 4.69) is 40.7 Å². The van der Waals surface area contributed by atoms with E-state index in [0.29, 0.717) is 19.1 Å². The predicted molar refractivity (Wildman–Crippen MR) is 126 cm³/mol. The van der Waals surface area contributed by atoms with E-state index in [1.165, 1.54) is 24.8 Å². The molecule has 2 N–H and O–H groups in total. The van der Waals surface area contributed by atoms with Crippen LogP contribution < -0.4 is 20.1 Å². The second-order valence-corrected chi connectivity index (χ2v) is 9.39. The lowest BCUT2D eigenvalue weighted by Crippen LogP contribution is -2.47. The smallest absolute Gasteiger partial charge is 0.231 e. The summed E-state index contributed by atoms with van der Waals surface area (Å²) >= 11 is 0. The van der Waals surface area contributed by atoms with Crippen LogP contribution in [0.4, 0.5) is 0 Å². The fraction of sp³-hybridized carbons (Fsp3) is 0.680. The molecule has 1 aliphatic carbocycles. The number of rotatable bonds is 6. The van der Waals surface area contributed by atoms with Gasteiger partial charge in [-0.1, -0.05) is 25.3 Å². The first-order valence-electron chi connectivity index (χ1n) is 12.3. The van der Waals surface area contributed by atoms with Crippen LogP contribution >= 0.6 is 0 Å². The number of nitrogens with one attached hydrogen (secondary N) is 2. The minimum absolute atomic E-state index is 0.0530. The molecule has 1 saturated heterocycles. The molecule has 1 amide bonds. The van der Waals surface area contributed by atoms with Crippen LogP contribution in [0.2, 0.25) is 0 Å². The predicted octanol–water partition coefficient (Wildman–Crippen LogP) is 3.43. The Morgan fingerprint density at radius 2 is 1.91 bits per heavy atom. The van der Waals surface area contributed by atoms with E-state index in [1.807, 2.05) is 0 Å². The number of aliphatic imine (C=N–C) groups is 1. The Morgan fingerprint density at radius 3 is 2.62 bits per heavy atom. The molecule has 0 atom stereocenters. The van der Waals surface area contributed by atoms with E-state index in [4.69, 9.17) is 14.5 Å². The number of guanidine groups is 1. The van der Waals surface area contributed by atoms with Crippen molar-refractivity contribution in [3.05, 3.63) is 23.8 Å². The fourth-order valence-electron chi connectivity index (χ4n) is 5.36. The van der Waals surface area contributed by atoms with Crippen molar-refractivity contribution < 1.29 is 14.3 Å². The number of carbonyl (C=O) groups excluding carboxylic acids is 1. The Hall–Kier alpha value is -2.44. The molecule has 1 saturated carbocycles. The normalized spacial score (nSPS) is 20.8. The topological polar surface area (TPSA) is 75.2 Å². The molecule has 0 unspecified atom stereocenters. The zero-order chi connectivity index (χ0) is 22.4. The molecule has 2 heterocycles. The SMILES string of the molecule is CCNC(=NCC1(c2ccc3c(c2)OCO3)CCCCC1)N1CCC(CC(=O)NC)CC1. The van der Waals surface area contributed by atoms with E-state index >= 15 is 0 Å². The molecule has 2 fully saturated rings. The van der Waals surface area contributed by atoms with Gasteiger partial charge in [-0.25, -0.2) is 0 Å². The molecule has 1 aromatic carbocycles. The summed E-state index contributed by atoms with van der Waals surface area (Å²) in [5, 5.41) is 6.27. The van der Waals surface area contributed by atoms with Crippen LogP contribution in [-0.4, -0.2) is 56.8 Å². The molecule has 4 rings (SSSR count). The summed E-state index contributed by atoms with van der Waals surface area (Å²) in [5.74, 6) is 3.33. The second-order valence-electron chi connectivity index (χ2n) is 9.39. The zero-order valence-corrected chi connectivity index (χ0v) is 19.6. The summed E-state index contributed by atoms with van der Waals surface area (Å²) in [6.07, 6.45) is 8.79. The average molecular weight is 443 g/mol. The van der Waals surface area contributed by atoms with Gasteiger partial charge in [0.25, 0.3) is 0 Å². The molecule has 32 heavy (non-hydrogen) atoms. The number of hydrogen-bond acceptors (Lipinski definition) is 4. The van der Waals surface area contributed by atoms with Gasteiger partial charge in [0.15, 0.2) is 17.5 Å². The highest BCUT2D eigenvalue weighted by Gasteiger charge is 2.35. The van der Waals surface area contributed by atoms with Crippen molar-refractivity contribution >= 4 is 11.9 Å². The number of carbonyl (C=O) groups is 1. The Balaban J connectivity index is 1.48. The van der Waals surface area contributed by atoms with Gasteiger partial charge < -0.3 is 25.0 Å². The largest absolute Gasteiger partial charge is 0.454 e. The fourth-order valence-corrected chi connectivity index (χ4v) is 5.36. The number of piperidine rings is 1. The molecule has 7 heteroatoms. The molecule has 3 aliphatic rings. The minimum atomic E-state index is 0.0530. The lowest BCUT2D eigenvalue weighted by atomic mass is 9.69. The molecular weight excluding hydrogens is 404 g/mol. The van der Waals surface area contributed by atoms with Gasteiger partial charge in [0.05, 0.1) is 6.54 Å². The van der Waals surface area contributed by atoms with Gasteiger partial charge in [-0.05, 0) is 56.2 Å². The van der Waals surface area contributed by atoms with Gasteiger partial charge in [-0.15, -0.1) is 0 Å². The second kappa shape index (κ2) is 10.5. The zero-order valence-electron chi connectivity index (χ0n) is 19.6. The standard InChI is InChI=1S/C25H38N4O3/c1-3-27-24(29-13-9-19(10-14-29)15-23(30)26-2)28-17-25(11-5-4-6-12-25)20-7-8-21-22(16-20)32-18-31-21/h7-8,16,19H,3-6,9-15,17-18H2,1-2H3,(H,26,30)(H,27,28). The van der Waals surface area contributed by atoms with E-state index in [-0.39, 0.29) is 11.3 Å². The molecule has 0 aromatic heterocycles. The van der Waals surface area contributed by atoms with Crippen LogP contribution in [0.15, 0.2) is 23.2 Å². The molecule has 0 bridgehead atoms. The molecule has 0 spiro atoms. The first-order valence-corrected chi connectivity index (χ1v) is 12.3. The van der Waals surface area contributed by atoms with Crippen LogP contribution in [0.5, 0.6) is 11.5 Å². The molecule has 1 aromatic rings. The van der Waals surface area contributed by atoms with Crippen LogP contribution in [0.1, 0.15) is 63.9 Å². The molecular formula is C25H38N4O3. The molecule has 2 aliphatic heterocycles. The summed E-state index contributed by atoms with van der Waals surface area (Å²) in [6.45, 7) is 5.97. The number of fused-ring (bicyclic) bond motifs is 1. The maximum atomic E-state index is 11.7. The van der Waals surface area contributed by atoms with Crippen LogP contribution in [0.3, 0.4) is 0 Å². The van der Waals surface area contributed by atoms with E-state index in [9.17, 15) is 4.79 Å². The molecule has 7 nitrogen and oxygen atoms in total. The number of hydrogen-bond donors (Lipinski definition) is 2. The third kappa shape index (κ3) is 5.13. The minimum Gasteiger partial charge on any atom is -0.454 e. The van der Waals surface area contributed by atoms with Crippen LogP contribution in [0.25, 0.3) is 0 Å². The van der Waals surface area contributed by atoms with E-state index in [0.717, 1.165) is 69.3 Å². The van der Waals surface area contributed by atoms with E-state index < -0.39 is 0 Å². The highest BCUT2D eigenvalue weighted by Crippen LogP contribution is 2.43. The highest BCUT2D eigenvalue weighted by molar-refractivity contribution is 5.80. The van der Waals surface area contributed by atoms with Crippen molar-refractivity contribution in [3.63, 3.8) is 0 Å². The summed E-state index contributed by atoms with van der Waals surface area (Å²) in [5.41, 5.74) is 1.38. The summed E-state index contributed by atoms with van der Waals surface area (Å²) in [6, 6.07) is 6.45. The number of benzene rings is 1. The maximum Gasteiger partial charge on any atom is 0.231 e. The Labute approximate surface area is 191 Å². The van der Waals surface area contributed by atoms with Gasteiger partial charge in [0, 0.05) is 38.5 Å². The van der Waals surface area contributed by atoms with Crippen molar-refractivity contribution in [3.8, 4) is 11.5 Å². The van der Waals surface area contributed by atoms with Gasteiger partial charge in [0.1, 0.15) is 0 Å². The monoisotopic (exact) mass is 442 g/mol. The van der Waals surface area contributed by atoms with Gasteiger partial charge in [-0.2, -0.15) is 0 Å². The first-order chi connectivity index (χ1) is 15.6. The summed E-state index contributed by atoms with van der Waals surface area (Å²) in [4.78, 5) is 19.3. The van der Waals surface area contributed by atoms with Crippen LogP contribution in [-0.2, 0) is 10.2 Å². The molecule has 0 radical (unpaired) electrons. The summed E-state index contributed by atoms with van der Waals surface area (Å²) < 4.78 is 11.2. The van der Waals surface area contributed by atoms with Gasteiger partial charge in [-0.3, -0.25) is 9.79 Å².